The van der Waals surface area contributed by atoms with Gasteiger partial charge in [-0.3, -0.25) is 0 Å². The van der Waals surface area contributed by atoms with E-state index in [2.05, 4.69) is 23.1 Å². The van der Waals surface area contributed by atoms with Crippen LogP contribution >= 0.6 is 0 Å². The van der Waals surface area contributed by atoms with E-state index < -0.39 is 0 Å². The van der Waals surface area contributed by atoms with Gasteiger partial charge in [0.2, 0.25) is 0 Å². The predicted octanol–water partition coefficient (Wildman–Crippen LogP) is 2.33. The van der Waals surface area contributed by atoms with Crippen LogP contribution in [-0.2, 0) is 6.42 Å². The fourth-order valence-corrected chi connectivity index (χ4v) is 2.84. The molecule has 0 saturated carbocycles. The van der Waals surface area contributed by atoms with Crippen LogP contribution in [0.2, 0.25) is 0 Å². The molecule has 3 heteroatoms. The minimum Gasteiger partial charge on any atom is -0.497 e. The second kappa shape index (κ2) is 7.51. The Labute approximate surface area is 116 Å². The zero-order valence-corrected chi connectivity index (χ0v) is 11.8. The summed E-state index contributed by atoms with van der Waals surface area (Å²) < 4.78 is 5.24. The van der Waals surface area contributed by atoms with Gasteiger partial charge in [0.1, 0.15) is 5.75 Å². The van der Waals surface area contributed by atoms with Gasteiger partial charge in [0, 0.05) is 13.2 Å². The van der Waals surface area contributed by atoms with Crippen molar-refractivity contribution in [3.63, 3.8) is 0 Å². The van der Waals surface area contributed by atoms with E-state index in [1.165, 1.54) is 31.4 Å². The number of aliphatic hydroxyl groups is 1. The number of hydrogen-bond acceptors (Lipinski definition) is 3. The quantitative estimate of drug-likeness (QED) is 0.855. The Morgan fingerprint density at radius 3 is 3.11 bits per heavy atom. The maximum Gasteiger partial charge on any atom is 0.119 e. The summed E-state index contributed by atoms with van der Waals surface area (Å²) in [6, 6.07) is 8.32. The maximum atomic E-state index is 9.23. The smallest absolute Gasteiger partial charge is 0.119 e. The molecule has 0 aromatic heterocycles. The molecule has 1 aromatic carbocycles. The van der Waals surface area contributed by atoms with Crippen molar-refractivity contribution in [3.05, 3.63) is 29.8 Å². The lowest BCUT2D eigenvalue weighted by atomic mass is 9.98. The molecular weight excluding hydrogens is 238 g/mol. The highest BCUT2D eigenvalue weighted by Gasteiger charge is 2.18. The number of hydrogen-bond donors (Lipinski definition) is 1. The number of nitrogens with zero attached hydrogens (tertiary/aromatic N) is 1. The lowest BCUT2D eigenvalue weighted by molar-refractivity contribution is 0.120. The van der Waals surface area contributed by atoms with E-state index in [0.29, 0.717) is 12.5 Å². The van der Waals surface area contributed by atoms with E-state index in [9.17, 15) is 5.11 Å². The Bertz CT molecular complexity index is 381. The lowest BCUT2D eigenvalue weighted by Gasteiger charge is -2.31. The number of rotatable bonds is 6. The molecule has 1 aliphatic heterocycles. The molecule has 1 unspecified atom stereocenters. The second-order valence-corrected chi connectivity index (χ2v) is 5.45. The zero-order valence-electron chi connectivity index (χ0n) is 11.8. The summed E-state index contributed by atoms with van der Waals surface area (Å²) in [5, 5.41) is 9.23. The number of aliphatic hydroxyl groups excluding tert-OH is 1. The summed E-state index contributed by atoms with van der Waals surface area (Å²) in [6.45, 7) is 3.73. The predicted molar refractivity (Wildman–Crippen MR) is 77.6 cm³/mol. The molecule has 0 bridgehead atoms. The Kier molecular flexibility index (Phi) is 5.67. The van der Waals surface area contributed by atoms with Gasteiger partial charge in [-0.25, -0.2) is 0 Å². The Hall–Kier alpha value is -1.06. The normalized spacial score (nSPS) is 20.4. The van der Waals surface area contributed by atoms with Crippen molar-refractivity contribution >= 4 is 0 Å². The van der Waals surface area contributed by atoms with Gasteiger partial charge in [0.05, 0.1) is 7.11 Å². The van der Waals surface area contributed by atoms with E-state index in [1.807, 2.05) is 6.07 Å². The summed E-state index contributed by atoms with van der Waals surface area (Å²) in [6.07, 6.45) is 4.68. The van der Waals surface area contributed by atoms with Crippen LogP contribution in [-0.4, -0.2) is 43.4 Å². The standard InChI is InChI=1S/C16H25NO2/c1-19-16-8-2-5-14(11-16)6-3-9-17-10-4-7-15(12-17)13-18/h2,5,8,11,15,18H,3-4,6-7,9-10,12-13H2,1H3. The first kappa shape index (κ1) is 14.4. The molecule has 0 aliphatic carbocycles. The van der Waals surface area contributed by atoms with Gasteiger partial charge >= 0.3 is 0 Å². The zero-order chi connectivity index (χ0) is 13.5. The Balaban J connectivity index is 1.73. The molecule has 1 aliphatic rings. The van der Waals surface area contributed by atoms with Crippen molar-refractivity contribution in [3.8, 4) is 5.75 Å². The highest BCUT2D eigenvalue weighted by atomic mass is 16.5. The highest BCUT2D eigenvalue weighted by molar-refractivity contribution is 5.28. The molecule has 1 atom stereocenters. The molecule has 0 radical (unpaired) electrons. The van der Waals surface area contributed by atoms with Crippen LogP contribution in [0.3, 0.4) is 0 Å². The molecule has 1 heterocycles. The fraction of sp³-hybridized carbons (Fsp3) is 0.625. The summed E-state index contributed by atoms with van der Waals surface area (Å²) >= 11 is 0. The lowest BCUT2D eigenvalue weighted by Crippen LogP contribution is -2.37. The minimum atomic E-state index is 0.340. The van der Waals surface area contributed by atoms with E-state index >= 15 is 0 Å². The number of piperidine rings is 1. The molecule has 1 fully saturated rings. The van der Waals surface area contributed by atoms with Crippen LogP contribution in [0, 0.1) is 5.92 Å². The first-order valence-electron chi connectivity index (χ1n) is 7.28. The van der Waals surface area contributed by atoms with Crippen LogP contribution in [0.1, 0.15) is 24.8 Å². The van der Waals surface area contributed by atoms with Crippen LogP contribution in [0.4, 0.5) is 0 Å². The largest absolute Gasteiger partial charge is 0.497 e. The van der Waals surface area contributed by atoms with Crippen LogP contribution < -0.4 is 4.74 Å². The van der Waals surface area contributed by atoms with Crippen LogP contribution in [0.25, 0.3) is 0 Å². The first-order chi connectivity index (χ1) is 9.31. The number of benzene rings is 1. The monoisotopic (exact) mass is 263 g/mol. The van der Waals surface area contributed by atoms with Gasteiger partial charge in [-0.15, -0.1) is 0 Å². The molecule has 3 nitrogen and oxygen atoms in total. The molecule has 1 N–H and O–H groups in total. The third-order valence-corrected chi connectivity index (χ3v) is 3.94. The van der Waals surface area contributed by atoms with Gasteiger partial charge in [-0.1, -0.05) is 12.1 Å². The third-order valence-electron chi connectivity index (χ3n) is 3.94. The molecule has 0 amide bonds. The highest BCUT2D eigenvalue weighted by Crippen LogP contribution is 2.17. The number of likely N-dealkylation sites (tertiary alicyclic amines) is 1. The molecule has 0 spiro atoms. The molecular formula is C16H25NO2. The van der Waals surface area contributed by atoms with Gasteiger partial charge in [0.15, 0.2) is 0 Å². The summed E-state index contributed by atoms with van der Waals surface area (Å²) in [7, 11) is 1.71. The van der Waals surface area contributed by atoms with E-state index in [1.54, 1.807) is 7.11 Å². The second-order valence-electron chi connectivity index (χ2n) is 5.45. The van der Waals surface area contributed by atoms with Crippen molar-refractivity contribution < 1.29 is 9.84 Å². The van der Waals surface area contributed by atoms with Crippen LogP contribution in [0.5, 0.6) is 5.75 Å². The summed E-state index contributed by atoms with van der Waals surface area (Å²) in [5.41, 5.74) is 1.34. The Morgan fingerprint density at radius 2 is 2.32 bits per heavy atom. The van der Waals surface area contributed by atoms with E-state index in [-0.39, 0.29) is 0 Å². The van der Waals surface area contributed by atoms with Crippen LogP contribution in [0.15, 0.2) is 24.3 Å². The Morgan fingerprint density at radius 1 is 1.42 bits per heavy atom. The number of aryl methyl sites for hydroxylation is 1. The third kappa shape index (κ3) is 4.51. The molecule has 19 heavy (non-hydrogen) atoms. The first-order valence-corrected chi connectivity index (χ1v) is 7.28. The SMILES string of the molecule is COc1cccc(CCCN2CCCC(CO)C2)c1. The van der Waals surface area contributed by atoms with Crippen molar-refractivity contribution in [1.29, 1.82) is 0 Å². The van der Waals surface area contributed by atoms with E-state index in [0.717, 1.165) is 25.3 Å². The van der Waals surface area contributed by atoms with Crippen molar-refractivity contribution in [1.82, 2.24) is 4.90 Å². The maximum absolute atomic E-state index is 9.23. The van der Waals surface area contributed by atoms with E-state index in [4.69, 9.17) is 4.74 Å². The fourth-order valence-electron chi connectivity index (χ4n) is 2.84. The van der Waals surface area contributed by atoms with Gasteiger partial charge in [0.25, 0.3) is 0 Å². The minimum absolute atomic E-state index is 0.340. The topological polar surface area (TPSA) is 32.7 Å². The summed E-state index contributed by atoms with van der Waals surface area (Å²) in [5.74, 6) is 1.43. The molecule has 1 aromatic rings. The average molecular weight is 263 g/mol. The molecule has 2 rings (SSSR count). The molecule has 106 valence electrons. The molecule has 1 saturated heterocycles. The number of ether oxygens (including phenoxy) is 1. The van der Waals surface area contributed by atoms with Gasteiger partial charge < -0.3 is 14.7 Å². The summed E-state index contributed by atoms with van der Waals surface area (Å²) in [4.78, 5) is 2.49. The average Bonchev–Trinajstić information content (AvgIpc) is 2.48. The van der Waals surface area contributed by atoms with Crippen molar-refractivity contribution in [2.75, 3.05) is 33.4 Å². The van der Waals surface area contributed by atoms with Crippen molar-refractivity contribution in [2.45, 2.75) is 25.7 Å². The van der Waals surface area contributed by atoms with Gasteiger partial charge in [-0.2, -0.15) is 0 Å². The number of methoxy groups -OCH3 is 1. The van der Waals surface area contributed by atoms with Gasteiger partial charge in [-0.05, 0) is 62.4 Å². The van der Waals surface area contributed by atoms with Crippen molar-refractivity contribution in [2.24, 2.45) is 5.92 Å².